The fraction of sp³-hybridized carbons (Fsp3) is 0.176. The van der Waals surface area contributed by atoms with Crippen LogP contribution in [0.4, 0.5) is 0 Å². The van der Waals surface area contributed by atoms with E-state index >= 15 is 0 Å². The smallest absolute Gasteiger partial charge is 0.269 e. The summed E-state index contributed by atoms with van der Waals surface area (Å²) in [6.07, 6.45) is 0.711. The molecular weight excluding hydrogens is 1370 g/mol. The molecule has 0 bridgehead atoms. The molecule has 75 heavy (non-hydrogen) atoms. The summed E-state index contributed by atoms with van der Waals surface area (Å²) in [5.74, 6) is -2.16. The molecule has 392 valence electrons. The molecule has 0 atom stereocenters. The van der Waals surface area contributed by atoms with Gasteiger partial charge in [0, 0.05) is 50.0 Å². The molecule has 18 nitrogen and oxygen atoms in total. The van der Waals surface area contributed by atoms with Crippen LogP contribution < -0.4 is 20.7 Å². The van der Waals surface area contributed by atoms with Crippen LogP contribution in [0.2, 0.25) is 0 Å². The van der Waals surface area contributed by atoms with Gasteiger partial charge >= 0.3 is 0 Å². The van der Waals surface area contributed by atoms with Gasteiger partial charge in [0.15, 0.2) is 11.5 Å². The molecule has 6 rings (SSSR count). The minimum Gasteiger partial charge on any atom is -0.507 e. The van der Waals surface area contributed by atoms with Gasteiger partial charge in [-0.2, -0.15) is 0 Å². The van der Waals surface area contributed by atoms with E-state index in [2.05, 4.69) is 127 Å². The van der Waals surface area contributed by atoms with Gasteiger partial charge in [-0.3, -0.25) is 14.4 Å². The minimum absolute atomic E-state index is 0.0367. The second kappa shape index (κ2) is 27.0. The molecule has 0 aromatic heterocycles. The fourth-order valence-corrected chi connectivity index (χ4v) is 10.2. The van der Waals surface area contributed by atoms with Gasteiger partial charge in [0.25, 0.3) is 17.7 Å². The van der Waals surface area contributed by atoms with Crippen LogP contribution in [0, 0.1) is 0 Å². The standard InChI is InChI=1S/C51H44Br6N6O12/c52-33-15-25(1-4-42(33)64)7-10-58-49(69)39(61-72)21-28-13-31(46(66)36(55)18-28)32-14-29(19-37(56)47(32)67)22-40(62-73)50(70)60-12-9-27-3-6-44(35(54)17-27)75-45-24-30(20-38(57)48(45)68)23-41(63-74)51(71)59-11-8-26-2-5-43(65)34(53)16-26/h1-6,13-20,24,64-68,72-74H,7-12,21-23H2,(H,58,69)(H,59,71)(H,60,70)/b61-39-,62-40-,63-41-. The lowest BCUT2D eigenvalue weighted by molar-refractivity contribution is -0.115. The van der Waals surface area contributed by atoms with E-state index < -0.39 is 17.7 Å². The number of amides is 3. The first kappa shape index (κ1) is 58.1. The van der Waals surface area contributed by atoms with Crippen molar-refractivity contribution in [2.24, 2.45) is 15.5 Å². The lowest BCUT2D eigenvalue weighted by atomic mass is 9.95. The van der Waals surface area contributed by atoms with E-state index in [-0.39, 0.29) is 115 Å². The number of benzene rings is 6. The number of aromatic hydroxyl groups is 5. The predicted molar refractivity (Wildman–Crippen MR) is 301 cm³/mol. The molecule has 0 fully saturated rings. The molecule has 0 radical (unpaired) electrons. The minimum atomic E-state index is -0.685. The van der Waals surface area contributed by atoms with E-state index in [1.54, 1.807) is 48.5 Å². The number of nitrogens with zero attached hydrogens (tertiary/aromatic N) is 3. The fourth-order valence-electron chi connectivity index (χ4n) is 7.38. The second-order valence-corrected chi connectivity index (χ2v) is 21.6. The van der Waals surface area contributed by atoms with Gasteiger partial charge in [-0.05, 0) is 221 Å². The van der Waals surface area contributed by atoms with Crippen molar-refractivity contribution in [3.63, 3.8) is 0 Å². The summed E-state index contributed by atoms with van der Waals surface area (Å²) in [4.78, 5) is 39.2. The lowest BCUT2D eigenvalue weighted by Crippen LogP contribution is -2.33. The zero-order valence-corrected chi connectivity index (χ0v) is 48.4. The molecule has 0 aliphatic heterocycles. The molecule has 0 heterocycles. The van der Waals surface area contributed by atoms with E-state index in [0.717, 1.165) is 16.7 Å². The van der Waals surface area contributed by atoms with Crippen LogP contribution in [0.5, 0.6) is 40.2 Å². The number of phenolic OH excluding ortho intramolecular Hbond substituents is 5. The highest BCUT2D eigenvalue weighted by Gasteiger charge is 2.23. The molecule has 0 saturated carbocycles. The van der Waals surface area contributed by atoms with Gasteiger partial charge in [0.1, 0.15) is 45.9 Å². The summed E-state index contributed by atoms with van der Waals surface area (Å²) in [6, 6.07) is 24.2. The first-order valence-electron chi connectivity index (χ1n) is 22.2. The largest absolute Gasteiger partial charge is 0.507 e. The molecule has 0 spiro atoms. The summed E-state index contributed by atoms with van der Waals surface area (Å²) >= 11 is 20.0. The number of nitrogens with one attached hydrogen (secondary N) is 3. The topological polar surface area (TPSA) is 295 Å². The van der Waals surface area contributed by atoms with Crippen LogP contribution in [0.25, 0.3) is 11.1 Å². The first-order chi connectivity index (χ1) is 35.8. The molecule has 11 N–H and O–H groups in total. The number of rotatable bonds is 21. The average molecular weight is 1410 g/mol. The monoisotopic (exact) mass is 1410 g/mol. The Labute approximate surface area is 479 Å². The molecule has 0 saturated heterocycles. The number of hydrogen-bond donors (Lipinski definition) is 11. The van der Waals surface area contributed by atoms with Crippen molar-refractivity contribution in [1.82, 2.24) is 16.0 Å². The maximum absolute atomic E-state index is 13.3. The average Bonchev–Trinajstić information content (AvgIpc) is 3.37. The highest BCUT2D eigenvalue weighted by atomic mass is 79.9. The summed E-state index contributed by atoms with van der Waals surface area (Å²) < 4.78 is 8.24. The summed E-state index contributed by atoms with van der Waals surface area (Å²) in [5, 5.41) is 99.9. The van der Waals surface area contributed by atoms with E-state index in [1.807, 2.05) is 0 Å². The summed E-state index contributed by atoms with van der Waals surface area (Å²) in [7, 11) is 0. The third-order valence-corrected chi connectivity index (χ3v) is 14.9. The van der Waals surface area contributed by atoms with E-state index in [1.165, 1.54) is 42.5 Å². The van der Waals surface area contributed by atoms with Crippen LogP contribution in [-0.4, -0.2) is 95.6 Å². The Morgan fingerprint density at radius 2 is 0.733 bits per heavy atom. The van der Waals surface area contributed by atoms with Crippen molar-refractivity contribution in [3.05, 3.63) is 151 Å². The molecule has 6 aromatic rings. The van der Waals surface area contributed by atoms with Crippen molar-refractivity contribution in [2.45, 2.75) is 38.5 Å². The van der Waals surface area contributed by atoms with Gasteiger partial charge in [0.05, 0.1) is 26.8 Å². The van der Waals surface area contributed by atoms with Crippen LogP contribution >= 0.6 is 95.6 Å². The highest BCUT2D eigenvalue weighted by Crippen LogP contribution is 2.44. The van der Waals surface area contributed by atoms with Gasteiger partial charge in [-0.1, -0.05) is 33.7 Å². The maximum atomic E-state index is 13.3. The van der Waals surface area contributed by atoms with Crippen LogP contribution in [0.1, 0.15) is 33.4 Å². The number of phenols is 5. The molecule has 0 aliphatic rings. The Morgan fingerprint density at radius 3 is 1.09 bits per heavy atom. The van der Waals surface area contributed by atoms with Crippen molar-refractivity contribution < 1.29 is 60.3 Å². The first-order valence-corrected chi connectivity index (χ1v) is 27.0. The molecule has 0 unspecified atom stereocenters. The number of hydrogen-bond acceptors (Lipinski definition) is 15. The van der Waals surface area contributed by atoms with Crippen LogP contribution in [-0.2, 0) is 52.9 Å². The Morgan fingerprint density at radius 1 is 0.400 bits per heavy atom. The molecular formula is C51H44Br6N6O12. The molecule has 3 amide bonds. The summed E-state index contributed by atoms with van der Waals surface area (Å²) in [5.41, 5.74) is 3.32. The van der Waals surface area contributed by atoms with Crippen molar-refractivity contribution in [2.75, 3.05) is 19.6 Å². The molecule has 24 heteroatoms. The van der Waals surface area contributed by atoms with E-state index in [4.69, 9.17) is 4.74 Å². The number of carbonyl (C=O) groups excluding carboxylic acids is 3. The van der Waals surface area contributed by atoms with Crippen molar-refractivity contribution in [3.8, 4) is 51.4 Å². The van der Waals surface area contributed by atoms with Crippen molar-refractivity contribution >= 4 is 130 Å². The van der Waals surface area contributed by atoms with E-state index in [9.17, 15) is 55.5 Å². The molecule has 0 aliphatic carbocycles. The van der Waals surface area contributed by atoms with Gasteiger partial charge in [-0.25, -0.2) is 0 Å². The quantitative estimate of drug-likeness (QED) is 0.0182. The van der Waals surface area contributed by atoms with E-state index in [0.29, 0.717) is 55.1 Å². The molecule has 6 aromatic carbocycles. The van der Waals surface area contributed by atoms with Crippen LogP contribution in [0.15, 0.2) is 133 Å². The normalized spacial score (nSPS) is 11.8. The lowest BCUT2D eigenvalue weighted by Gasteiger charge is -2.15. The third kappa shape index (κ3) is 15.7. The van der Waals surface area contributed by atoms with Gasteiger partial charge in [-0.15, -0.1) is 0 Å². The van der Waals surface area contributed by atoms with Gasteiger partial charge < -0.3 is 61.8 Å². The third-order valence-electron chi connectivity index (χ3n) is 11.2. The maximum Gasteiger partial charge on any atom is 0.269 e. The number of ether oxygens (including phenoxy) is 1. The zero-order valence-electron chi connectivity index (χ0n) is 38.8. The Hall–Kier alpha value is -6.18. The number of oxime groups is 3. The number of carbonyl (C=O) groups is 3. The van der Waals surface area contributed by atoms with Crippen LogP contribution in [0.3, 0.4) is 0 Å². The SMILES string of the molecule is O=C(NCCc1ccc(O)c(Br)c1)/C(Cc1cc(Br)c(O)c(Oc2ccc(CCNC(=O)/C(Cc3cc(Br)c(O)c(-c4cc(C/C(=N/O)C(=O)NCCc5ccc(O)c(Br)c5)cc(Br)c4O)c3)=N\O)cc2Br)c1)=N\O. The zero-order chi connectivity index (χ0) is 54.5. The second-order valence-electron chi connectivity index (χ2n) is 16.5. The summed E-state index contributed by atoms with van der Waals surface area (Å²) in [6.45, 7) is 0.538. The Kier molecular flexibility index (Phi) is 20.9. The highest BCUT2D eigenvalue weighted by molar-refractivity contribution is 9.11. The predicted octanol–water partition coefficient (Wildman–Crippen LogP) is 10.4. The van der Waals surface area contributed by atoms with Crippen molar-refractivity contribution in [1.29, 1.82) is 0 Å². The Balaban J connectivity index is 1.04. The Bertz CT molecular complexity index is 3250. The van der Waals surface area contributed by atoms with Gasteiger partial charge in [0.2, 0.25) is 0 Å². The number of halogens is 6.